The molecule has 146 valence electrons. The van der Waals surface area contributed by atoms with Crippen LogP contribution in [0.4, 0.5) is 5.69 Å². The lowest BCUT2D eigenvalue weighted by molar-refractivity contribution is -0.384. The van der Waals surface area contributed by atoms with Crippen molar-refractivity contribution in [3.05, 3.63) is 64.9 Å². The zero-order valence-electron chi connectivity index (χ0n) is 15.1. The zero-order valence-corrected chi connectivity index (χ0v) is 15.9. The van der Waals surface area contributed by atoms with Crippen LogP contribution in [0.1, 0.15) is 12.5 Å². The lowest BCUT2D eigenvalue weighted by Crippen LogP contribution is -2.00. The number of aromatic nitrogens is 6. The largest absolute Gasteiger partial charge is 0.461 e. The van der Waals surface area contributed by atoms with Crippen molar-refractivity contribution in [1.82, 2.24) is 29.6 Å². The van der Waals surface area contributed by atoms with Gasteiger partial charge in [0, 0.05) is 29.1 Å². The molecule has 0 radical (unpaired) electrons. The van der Waals surface area contributed by atoms with E-state index in [-0.39, 0.29) is 5.69 Å². The highest BCUT2D eigenvalue weighted by atomic mass is 32.2. The highest BCUT2D eigenvalue weighted by Gasteiger charge is 2.18. The van der Waals surface area contributed by atoms with Crippen LogP contribution < -0.4 is 0 Å². The van der Waals surface area contributed by atoms with Crippen molar-refractivity contribution >= 4 is 23.7 Å². The normalized spacial score (nSPS) is 11.3. The Bertz CT molecular complexity index is 1150. The molecule has 12 heteroatoms. The number of rotatable bonds is 7. The molecule has 1 aromatic carbocycles. The van der Waals surface area contributed by atoms with Gasteiger partial charge in [-0.05, 0) is 36.9 Å². The van der Waals surface area contributed by atoms with Gasteiger partial charge in [-0.25, -0.2) is 4.68 Å². The number of nitro benzene ring substituents is 1. The number of furan rings is 1. The quantitative estimate of drug-likeness (QED) is 0.258. The van der Waals surface area contributed by atoms with Gasteiger partial charge in [-0.1, -0.05) is 0 Å². The summed E-state index contributed by atoms with van der Waals surface area (Å²) in [6.07, 6.45) is 5.93. The molecule has 0 unspecified atom stereocenters. The molecule has 11 nitrogen and oxygen atoms in total. The van der Waals surface area contributed by atoms with Crippen molar-refractivity contribution in [3.8, 4) is 11.6 Å². The van der Waals surface area contributed by atoms with E-state index in [1.807, 2.05) is 17.6 Å². The Morgan fingerprint density at radius 3 is 2.79 bits per heavy atom. The SMILES string of the molecule is CCn1c(Sc2ccc([N+](=O)[O-])cc2/C=N/n2cnnc2)nnc1-c1ccco1. The van der Waals surface area contributed by atoms with E-state index >= 15 is 0 Å². The Morgan fingerprint density at radius 2 is 2.10 bits per heavy atom. The van der Waals surface area contributed by atoms with Crippen molar-refractivity contribution in [2.24, 2.45) is 5.10 Å². The average Bonchev–Trinajstić information content (AvgIpc) is 3.48. The molecule has 4 aromatic rings. The number of nitro groups is 1. The number of non-ortho nitro benzene ring substituents is 1. The van der Waals surface area contributed by atoms with Gasteiger partial charge in [0.1, 0.15) is 12.7 Å². The molecule has 4 rings (SSSR count). The Morgan fingerprint density at radius 1 is 1.28 bits per heavy atom. The second kappa shape index (κ2) is 8.06. The molecule has 0 aliphatic heterocycles. The maximum atomic E-state index is 11.2. The van der Waals surface area contributed by atoms with E-state index in [9.17, 15) is 10.1 Å². The molecule has 0 saturated carbocycles. The maximum Gasteiger partial charge on any atom is 0.270 e. The Kier molecular flexibility index (Phi) is 5.16. The summed E-state index contributed by atoms with van der Waals surface area (Å²) >= 11 is 1.33. The van der Waals surface area contributed by atoms with Crippen LogP contribution in [0, 0.1) is 10.1 Å². The van der Waals surface area contributed by atoms with E-state index in [0.29, 0.717) is 28.8 Å². The first-order chi connectivity index (χ1) is 14.2. The number of nitrogens with zero attached hydrogens (tertiary/aromatic N) is 8. The predicted octanol–water partition coefficient (Wildman–Crippen LogP) is 3.09. The highest BCUT2D eigenvalue weighted by Crippen LogP contribution is 2.33. The fraction of sp³-hybridized carbons (Fsp3) is 0.118. The predicted molar refractivity (Wildman–Crippen MR) is 104 cm³/mol. The van der Waals surface area contributed by atoms with E-state index in [4.69, 9.17) is 4.42 Å². The first kappa shape index (κ1) is 18.6. The molecular weight excluding hydrogens is 396 g/mol. The second-order valence-corrected chi connectivity index (χ2v) is 6.70. The average molecular weight is 410 g/mol. The van der Waals surface area contributed by atoms with Crippen LogP contribution in [0.2, 0.25) is 0 Å². The number of hydrogen-bond acceptors (Lipinski definition) is 9. The van der Waals surface area contributed by atoms with Gasteiger partial charge in [-0.2, -0.15) is 5.10 Å². The maximum absolute atomic E-state index is 11.2. The second-order valence-electron chi connectivity index (χ2n) is 5.70. The third kappa shape index (κ3) is 3.91. The minimum Gasteiger partial charge on any atom is -0.461 e. The summed E-state index contributed by atoms with van der Waals surface area (Å²) in [5.41, 5.74) is 0.524. The van der Waals surface area contributed by atoms with Crippen LogP contribution in [0.25, 0.3) is 11.6 Å². The lowest BCUT2D eigenvalue weighted by Gasteiger charge is -2.08. The molecule has 0 aliphatic rings. The number of benzene rings is 1. The summed E-state index contributed by atoms with van der Waals surface area (Å²) in [7, 11) is 0. The van der Waals surface area contributed by atoms with Gasteiger partial charge in [-0.3, -0.25) is 14.7 Å². The van der Waals surface area contributed by atoms with Gasteiger partial charge in [0.15, 0.2) is 16.7 Å². The standard InChI is InChI=1S/C17H14N8O3S/c1-2-24-16(14-4-3-7-28-14)21-22-17(24)29-15-6-5-13(25(26)27)8-12(15)9-20-23-10-18-19-11-23/h3-11H,2H2,1H3/b20-9+. The first-order valence-corrected chi connectivity index (χ1v) is 9.29. The van der Waals surface area contributed by atoms with Gasteiger partial charge < -0.3 is 4.42 Å². The molecule has 3 aromatic heterocycles. The molecule has 0 saturated heterocycles. The van der Waals surface area contributed by atoms with Crippen molar-refractivity contribution in [2.75, 3.05) is 0 Å². The summed E-state index contributed by atoms with van der Waals surface area (Å²) in [6, 6.07) is 8.16. The smallest absolute Gasteiger partial charge is 0.270 e. The zero-order chi connectivity index (χ0) is 20.2. The van der Waals surface area contributed by atoms with Crippen molar-refractivity contribution in [3.63, 3.8) is 0 Å². The Balaban J connectivity index is 1.70. The van der Waals surface area contributed by atoms with Crippen molar-refractivity contribution in [1.29, 1.82) is 0 Å². The van der Waals surface area contributed by atoms with E-state index < -0.39 is 4.92 Å². The summed E-state index contributed by atoms with van der Waals surface area (Å²) in [4.78, 5) is 11.5. The van der Waals surface area contributed by atoms with Gasteiger partial charge in [0.25, 0.3) is 5.69 Å². The minimum absolute atomic E-state index is 0.0345. The van der Waals surface area contributed by atoms with Crippen LogP contribution in [-0.4, -0.2) is 40.8 Å². The monoisotopic (exact) mass is 410 g/mol. The molecule has 0 fully saturated rings. The van der Waals surface area contributed by atoms with Gasteiger partial charge in [0.05, 0.1) is 17.4 Å². The summed E-state index contributed by atoms with van der Waals surface area (Å²) in [5, 5.41) is 31.8. The minimum atomic E-state index is -0.450. The van der Waals surface area contributed by atoms with Crippen molar-refractivity contribution in [2.45, 2.75) is 23.5 Å². The van der Waals surface area contributed by atoms with Crippen LogP contribution in [0.15, 0.2) is 68.8 Å². The molecule has 0 amide bonds. The van der Waals surface area contributed by atoms with E-state index in [0.717, 1.165) is 4.90 Å². The molecule has 0 spiro atoms. The van der Waals surface area contributed by atoms with Gasteiger partial charge in [-0.15, -0.1) is 20.4 Å². The molecule has 0 bridgehead atoms. The molecule has 0 atom stereocenters. The molecule has 0 N–H and O–H groups in total. The summed E-state index contributed by atoms with van der Waals surface area (Å²) in [6.45, 7) is 2.60. The van der Waals surface area contributed by atoms with Crippen molar-refractivity contribution < 1.29 is 9.34 Å². The van der Waals surface area contributed by atoms with Gasteiger partial charge in [0.2, 0.25) is 0 Å². The topological polar surface area (TPSA) is 130 Å². The summed E-state index contributed by atoms with van der Waals surface area (Å²) in [5.74, 6) is 1.23. The van der Waals surface area contributed by atoms with Crippen LogP contribution in [0.3, 0.4) is 0 Å². The Labute approximate surface area is 168 Å². The molecule has 3 heterocycles. The highest BCUT2D eigenvalue weighted by molar-refractivity contribution is 7.99. The fourth-order valence-electron chi connectivity index (χ4n) is 2.56. The third-order valence-corrected chi connectivity index (χ3v) is 4.99. The molecule has 0 aliphatic carbocycles. The molecular formula is C17H14N8O3S. The van der Waals surface area contributed by atoms with Crippen LogP contribution in [-0.2, 0) is 6.54 Å². The fourth-order valence-corrected chi connectivity index (χ4v) is 3.53. The van der Waals surface area contributed by atoms with E-state index in [1.54, 1.807) is 18.4 Å². The first-order valence-electron chi connectivity index (χ1n) is 8.48. The Hall–Kier alpha value is -3.80. The van der Waals surface area contributed by atoms with Crippen LogP contribution in [0.5, 0.6) is 0 Å². The summed E-state index contributed by atoms with van der Waals surface area (Å²) < 4.78 is 8.74. The van der Waals surface area contributed by atoms with Gasteiger partial charge >= 0.3 is 0 Å². The van der Waals surface area contributed by atoms with Crippen LogP contribution >= 0.6 is 11.8 Å². The number of hydrogen-bond donors (Lipinski definition) is 0. The van der Waals surface area contributed by atoms with E-state index in [1.165, 1.54) is 47.4 Å². The molecule has 29 heavy (non-hydrogen) atoms. The van der Waals surface area contributed by atoms with E-state index in [2.05, 4.69) is 25.5 Å². The lowest BCUT2D eigenvalue weighted by atomic mass is 10.2. The third-order valence-electron chi connectivity index (χ3n) is 3.92.